The van der Waals surface area contributed by atoms with E-state index >= 15 is 0 Å². The molecule has 0 aliphatic carbocycles. The predicted molar refractivity (Wildman–Crippen MR) is 79.5 cm³/mol. The van der Waals surface area contributed by atoms with E-state index in [1.165, 1.54) is 31.3 Å². The van der Waals surface area contributed by atoms with Gasteiger partial charge in [-0.1, -0.05) is 17.7 Å². The lowest BCUT2D eigenvalue weighted by molar-refractivity contribution is -0.384. The fourth-order valence-corrected chi connectivity index (χ4v) is 1.81. The molecule has 0 saturated carbocycles. The molecule has 1 N–H and O–H groups in total. The number of H-pyrrole nitrogens is 1. The van der Waals surface area contributed by atoms with E-state index in [1.54, 1.807) is 0 Å². The molecule has 108 valence electrons. The fourth-order valence-electron chi connectivity index (χ4n) is 1.45. The van der Waals surface area contributed by atoms with Gasteiger partial charge in [-0.05, 0) is 25.2 Å². The van der Waals surface area contributed by atoms with Crippen molar-refractivity contribution in [3.63, 3.8) is 0 Å². The Morgan fingerprint density at radius 2 is 2.29 bits per heavy atom. The van der Waals surface area contributed by atoms with Crippen LogP contribution < -0.4 is 5.56 Å². The standard InChI is InChI=1S/C11H8ClN5O3S/c1-6-10(18)16(11(21)15-14-6)13-5-7-2-3-8(12)9(4-7)17(19)20/h2-5H,1H3,(H,15,21). The second-order valence-electron chi connectivity index (χ2n) is 3.94. The topological polar surface area (TPSA) is 106 Å². The number of nitrogens with one attached hydrogen (secondary N) is 1. The average molecular weight is 326 g/mol. The Bertz CT molecular complexity index is 858. The first-order chi connectivity index (χ1) is 9.90. The van der Waals surface area contributed by atoms with Crippen molar-refractivity contribution in [1.29, 1.82) is 0 Å². The summed E-state index contributed by atoms with van der Waals surface area (Å²) in [6, 6.07) is 4.16. The van der Waals surface area contributed by atoms with E-state index in [4.69, 9.17) is 23.8 Å². The molecule has 0 unspecified atom stereocenters. The smallest absolute Gasteiger partial charge is 0.265 e. The Morgan fingerprint density at radius 1 is 1.57 bits per heavy atom. The molecule has 10 heteroatoms. The normalized spacial score (nSPS) is 11.0. The van der Waals surface area contributed by atoms with Crippen LogP contribution in [0.5, 0.6) is 0 Å². The van der Waals surface area contributed by atoms with Gasteiger partial charge in [-0.25, -0.2) is 0 Å². The van der Waals surface area contributed by atoms with Crippen molar-refractivity contribution in [2.45, 2.75) is 6.92 Å². The molecule has 2 aromatic rings. The van der Waals surface area contributed by atoms with Gasteiger partial charge in [0.05, 0.1) is 11.1 Å². The van der Waals surface area contributed by atoms with E-state index < -0.39 is 10.5 Å². The molecule has 0 radical (unpaired) electrons. The molecule has 1 heterocycles. The van der Waals surface area contributed by atoms with E-state index in [0.29, 0.717) is 5.56 Å². The Morgan fingerprint density at radius 3 is 2.95 bits per heavy atom. The minimum absolute atomic E-state index is 0.0188. The molecule has 8 nitrogen and oxygen atoms in total. The van der Waals surface area contributed by atoms with Gasteiger partial charge in [0, 0.05) is 11.6 Å². The van der Waals surface area contributed by atoms with E-state index in [1.807, 2.05) is 0 Å². The first-order valence-corrected chi connectivity index (χ1v) is 6.35. The highest BCUT2D eigenvalue weighted by Crippen LogP contribution is 2.24. The largest absolute Gasteiger partial charge is 0.296 e. The van der Waals surface area contributed by atoms with Crippen molar-refractivity contribution in [1.82, 2.24) is 14.9 Å². The van der Waals surface area contributed by atoms with Crippen LogP contribution in [0.3, 0.4) is 0 Å². The zero-order valence-electron chi connectivity index (χ0n) is 10.6. The molecule has 2 rings (SSSR count). The van der Waals surface area contributed by atoms with Gasteiger partial charge in [0.15, 0.2) is 0 Å². The number of aromatic nitrogens is 3. The maximum absolute atomic E-state index is 11.8. The fraction of sp³-hybridized carbons (Fsp3) is 0.0909. The average Bonchev–Trinajstić information content (AvgIpc) is 2.44. The van der Waals surface area contributed by atoms with Gasteiger partial charge in [-0.3, -0.25) is 20.0 Å². The van der Waals surface area contributed by atoms with Crippen molar-refractivity contribution in [2.75, 3.05) is 0 Å². The van der Waals surface area contributed by atoms with Crippen LogP contribution in [0.15, 0.2) is 28.1 Å². The molecule has 1 aromatic carbocycles. The number of hydrogen-bond donors (Lipinski definition) is 1. The lowest BCUT2D eigenvalue weighted by Crippen LogP contribution is -2.22. The van der Waals surface area contributed by atoms with E-state index in [9.17, 15) is 14.9 Å². The van der Waals surface area contributed by atoms with Crippen molar-refractivity contribution in [3.8, 4) is 0 Å². The monoisotopic (exact) mass is 325 g/mol. The quantitative estimate of drug-likeness (QED) is 0.402. The number of nitro groups is 1. The second-order valence-corrected chi connectivity index (χ2v) is 4.74. The summed E-state index contributed by atoms with van der Waals surface area (Å²) >= 11 is 10.6. The van der Waals surface area contributed by atoms with Crippen molar-refractivity contribution < 1.29 is 4.92 Å². The van der Waals surface area contributed by atoms with Gasteiger partial charge in [0.1, 0.15) is 10.7 Å². The molecule has 0 saturated heterocycles. The van der Waals surface area contributed by atoms with Gasteiger partial charge in [-0.2, -0.15) is 14.9 Å². The third-order valence-corrected chi connectivity index (χ3v) is 3.09. The van der Waals surface area contributed by atoms with E-state index in [0.717, 1.165) is 4.68 Å². The van der Waals surface area contributed by atoms with Gasteiger partial charge in [0.2, 0.25) is 4.77 Å². The van der Waals surface area contributed by atoms with Crippen LogP contribution in [0.25, 0.3) is 0 Å². The van der Waals surface area contributed by atoms with Crippen LogP contribution in [0, 0.1) is 21.8 Å². The molecule has 1 aromatic heterocycles. The van der Waals surface area contributed by atoms with Crippen molar-refractivity contribution in [2.24, 2.45) is 5.10 Å². The molecule has 0 aliphatic rings. The maximum Gasteiger partial charge on any atom is 0.296 e. The predicted octanol–water partition coefficient (Wildman–Crippen LogP) is 2.05. The Hall–Kier alpha value is -2.39. The Labute approximate surface area is 127 Å². The first kappa shape index (κ1) is 15.0. The summed E-state index contributed by atoms with van der Waals surface area (Å²) in [6.07, 6.45) is 1.27. The number of aromatic amines is 1. The molecule has 0 fully saturated rings. The highest BCUT2D eigenvalue weighted by atomic mass is 35.5. The van der Waals surface area contributed by atoms with Crippen LogP contribution in [0.2, 0.25) is 5.02 Å². The van der Waals surface area contributed by atoms with E-state index in [-0.39, 0.29) is 21.2 Å². The number of halogens is 1. The molecular formula is C11H8ClN5O3S. The van der Waals surface area contributed by atoms with Crippen LogP contribution in [-0.4, -0.2) is 26.0 Å². The zero-order valence-corrected chi connectivity index (χ0v) is 12.2. The van der Waals surface area contributed by atoms with Crippen LogP contribution in [-0.2, 0) is 0 Å². The molecule has 0 atom stereocenters. The van der Waals surface area contributed by atoms with Crippen molar-refractivity contribution >= 4 is 35.7 Å². The third-order valence-electron chi connectivity index (χ3n) is 2.50. The molecule has 0 aliphatic heterocycles. The van der Waals surface area contributed by atoms with Gasteiger partial charge >= 0.3 is 0 Å². The summed E-state index contributed by atoms with van der Waals surface area (Å²) in [5.74, 6) is 0. The van der Waals surface area contributed by atoms with Gasteiger partial charge in [0.25, 0.3) is 11.2 Å². The number of aryl methyl sites for hydroxylation is 1. The lowest BCUT2D eigenvalue weighted by atomic mass is 10.2. The minimum atomic E-state index is -0.602. The number of rotatable bonds is 3. The number of benzene rings is 1. The summed E-state index contributed by atoms with van der Waals surface area (Å²) in [6.45, 7) is 1.51. The highest BCUT2D eigenvalue weighted by Gasteiger charge is 2.12. The number of hydrogen-bond acceptors (Lipinski definition) is 6. The summed E-state index contributed by atoms with van der Waals surface area (Å²) < 4.78 is 0.961. The molecular weight excluding hydrogens is 318 g/mol. The Balaban J connectivity index is 2.46. The minimum Gasteiger partial charge on any atom is -0.265 e. The van der Waals surface area contributed by atoms with Crippen LogP contribution >= 0.6 is 23.8 Å². The summed E-state index contributed by atoms with van der Waals surface area (Å²) in [4.78, 5) is 22.0. The van der Waals surface area contributed by atoms with Gasteiger partial charge in [-0.15, -0.1) is 0 Å². The lowest BCUT2D eigenvalue weighted by Gasteiger charge is -2.00. The zero-order chi connectivity index (χ0) is 15.6. The Kier molecular flexibility index (Phi) is 4.24. The van der Waals surface area contributed by atoms with E-state index in [2.05, 4.69) is 15.3 Å². The van der Waals surface area contributed by atoms with Crippen LogP contribution in [0.4, 0.5) is 5.69 Å². The summed E-state index contributed by atoms with van der Waals surface area (Å²) in [5.41, 5.74) is -0.118. The highest BCUT2D eigenvalue weighted by molar-refractivity contribution is 7.71. The molecule has 0 spiro atoms. The van der Waals surface area contributed by atoms with Gasteiger partial charge < -0.3 is 0 Å². The first-order valence-electron chi connectivity index (χ1n) is 5.57. The molecule has 0 bridgehead atoms. The summed E-state index contributed by atoms with van der Waals surface area (Å²) in [7, 11) is 0. The summed E-state index contributed by atoms with van der Waals surface area (Å²) in [5, 5.41) is 20.9. The number of nitro benzene ring substituents is 1. The van der Waals surface area contributed by atoms with Crippen molar-refractivity contribution in [3.05, 3.63) is 59.7 Å². The number of nitrogens with zero attached hydrogens (tertiary/aromatic N) is 4. The molecule has 21 heavy (non-hydrogen) atoms. The van der Waals surface area contributed by atoms with Crippen LogP contribution in [0.1, 0.15) is 11.3 Å². The third kappa shape index (κ3) is 3.20. The maximum atomic E-state index is 11.8. The molecule has 0 amide bonds. The SMILES string of the molecule is Cc1n[nH]c(=S)n(N=Cc2ccc(Cl)c([N+](=O)[O-])c2)c1=O. The second kappa shape index (κ2) is 5.94.